The van der Waals surface area contributed by atoms with Gasteiger partial charge in [-0.15, -0.1) is 0 Å². The summed E-state index contributed by atoms with van der Waals surface area (Å²) in [5.74, 6) is 0.337. The maximum Gasteiger partial charge on any atom is 0.320 e. The highest BCUT2D eigenvalue weighted by molar-refractivity contribution is 6.31. The number of nitrogens with one attached hydrogen (secondary N) is 1. The van der Waals surface area contributed by atoms with Crippen molar-refractivity contribution in [3.63, 3.8) is 0 Å². The molecule has 11 heteroatoms. The van der Waals surface area contributed by atoms with E-state index >= 15 is 0 Å². The highest BCUT2D eigenvalue weighted by Gasteiger charge is 2.32. The van der Waals surface area contributed by atoms with E-state index in [0.717, 1.165) is 19.4 Å². The summed E-state index contributed by atoms with van der Waals surface area (Å²) in [7, 11) is 0. The topological polar surface area (TPSA) is 95.0 Å². The maximum atomic E-state index is 13.7. The normalized spacial score (nSPS) is 19.4. The summed E-state index contributed by atoms with van der Waals surface area (Å²) in [5.41, 5.74) is 0.682. The van der Waals surface area contributed by atoms with Crippen molar-refractivity contribution in [2.24, 2.45) is 0 Å². The molecular weight excluding hydrogens is 515 g/mol. The van der Waals surface area contributed by atoms with Crippen molar-refractivity contribution >= 4 is 40.0 Å². The van der Waals surface area contributed by atoms with Crippen molar-refractivity contribution in [3.05, 3.63) is 47.2 Å². The number of morpholine rings is 1. The molecule has 1 N–H and O–H groups in total. The molecule has 0 spiro atoms. The summed E-state index contributed by atoms with van der Waals surface area (Å²) in [4.78, 5) is 23.0. The molecule has 0 saturated carbocycles. The number of anilines is 2. The third-order valence-electron chi connectivity index (χ3n) is 6.27. The van der Waals surface area contributed by atoms with E-state index in [-0.39, 0.29) is 29.7 Å². The highest BCUT2D eigenvalue weighted by atomic mass is 35.5. The zero-order chi connectivity index (χ0) is 26.7. The predicted molar refractivity (Wildman–Crippen MR) is 141 cm³/mol. The van der Waals surface area contributed by atoms with Crippen LogP contribution in [0.2, 0.25) is 5.02 Å². The Morgan fingerprint density at radius 2 is 2.08 bits per heavy atom. The lowest BCUT2D eigenvalue weighted by Gasteiger charge is -2.37. The number of nitrogens with zero attached hydrogens (tertiary/aromatic N) is 3. The van der Waals surface area contributed by atoms with E-state index in [0.29, 0.717) is 54.5 Å². The number of rotatable bonds is 9. The second-order valence-corrected chi connectivity index (χ2v) is 10.4. The van der Waals surface area contributed by atoms with Crippen molar-refractivity contribution in [3.8, 4) is 11.8 Å². The number of esters is 1. The average Bonchev–Trinajstić information content (AvgIpc) is 3.38. The molecule has 2 saturated heterocycles. The molecule has 5 rings (SSSR count). The number of carbonyl (C=O) groups is 1. The molecular formula is C27H30ClFN4O5. The summed E-state index contributed by atoms with van der Waals surface area (Å²) in [6, 6.07) is 10.0. The minimum absolute atomic E-state index is 0.00277. The van der Waals surface area contributed by atoms with Crippen molar-refractivity contribution in [1.82, 2.24) is 14.9 Å². The molecule has 2 aliphatic rings. The predicted octanol–water partition coefficient (Wildman–Crippen LogP) is 4.74. The van der Waals surface area contributed by atoms with Crippen LogP contribution in [0.4, 0.5) is 15.9 Å². The lowest BCUT2D eigenvalue weighted by molar-refractivity contribution is -0.169. The molecule has 1 aromatic heterocycles. The maximum absolute atomic E-state index is 13.7. The van der Waals surface area contributed by atoms with Gasteiger partial charge in [0.15, 0.2) is 0 Å². The first-order valence-electron chi connectivity index (χ1n) is 12.6. The fraction of sp³-hybridized carbons (Fsp3) is 0.444. The van der Waals surface area contributed by atoms with Gasteiger partial charge in [-0.3, -0.25) is 9.69 Å². The van der Waals surface area contributed by atoms with Gasteiger partial charge in [0, 0.05) is 30.8 Å². The Balaban J connectivity index is 1.34. The summed E-state index contributed by atoms with van der Waals surface area (Å²) < 4.78 is 36.6. The number of carbonyl (C=O) groups excluding carboxylic acids is 1. The van der Waals surface area contributed by atoms with Gasteiger partial charge >= 0.3 is 12.0 Å². The number of ether oxygens (including phenoxy) is 4. The largest absolute Gasteiger partial charge is 0.492 e. The Labute approximate surface area is 225 Å². The van der Waals surface area contributed by atoms with Crippen molar-refractivity contribution in [2.75, 3.05) is 44.8 Å². The lowest BCUT2D eigenvalue weighted by atomic mass is 10.1. The van der Waals surface area contributed by atoms with Crippen LogP contribution in [-0.2, 0) is 14.3 Å². The van der Waals surface area contributed by atoms with E-state index in [1.54, 1.807) is 6.07 Å². The minimum Gasteiger partial charge on any atom is -0.492 e. The molecule has 38 heavy (non-hydrogen) atoms. The zero-order valence-corrected chi connectivity index (χ0v) is 22.1. The van der Waals surface area contributed by atoms with Gasteiger partial charge in [-0.05, 0) is 63.1 Å². The molecule has 0 bridgehead atoms. The number of fused-ring (bicyclic) bond motifs is 1. The second kappa shape index (κ2) is 11.3. The number of aromatic nitrogens is 2. The minimum atomic E-state index is -0.525. The average molecular weight is 545 g/mol. The molecule has 2 aliphatic heterocycles. The van der Waals surface area contributed by atoms with Gasteiger partial charge in [0.05, 0.1) is 23.2 Å². The summed E-state index contributed by atoms with van der Waals surface area (Å²) in [6.45, 7) is 6.70. The number of cyclic esters (lactones) is 1. The van der Waals surface area contributed by atoms with E-state index in [1.165, 1.54) is 12.1 Å². The third-order valence-corrected chi connectivity index (χ3v) is 6.56. The fourth-order valence-electron chi connectivity index (χ4n) is 4.59. The Hall–Kier alpha value is -3.21. The second-order valence-electron chi connectivity index (χ2n) is 10.0. The molecule has 0 unspecified atom stereocenters. The van der Waals surface area contributed by atoms with E-state index < -0.39 is 11.4 Å². The third kappa shape index (κ3) is 6.61. The van der Waals surface area contributed by atoms with E-state index in [4.69, 9.17) is 30.5 Å². The number of hydrogen-bond acceptors (Lipinski definition) is 9. The summed E-state index contributed by atoms with van der Waals surface area (Å²) >= 11 is 5.99. The summed E-state index contributed by atoms with van der Waals surface area (Å²) in [6.07, 6.45) is 1.96. The monoisotopic (exact) mass is 544 g/mol. The smallest absolute Gasteiger partial charge is 0.320 e. The number of benzene rings is 2. The van der Waals surface area contributed by atoms with Crippen molar-refractivity contribution < 1.29 is 28.1 Å². The van der Waals surface area contributed by atoms with Gasteiger partial charge in [0.1, 0.15) is 36.2 Å². The number of hydrogen-bond donors (Lipinski definition) is 1. The van der Waals surface area contributed by atoms with Crippen molar-refractivity contribution in [1.29, 1.82) is 0 Å². The first kappa shape index (κ1) is 26.4. The quantitative estimate of drug-likeness (QED) is 0.383. The van der Waals surface area contributed by atoms with Gasteiger partial charge in [0.2, 0.25) is 0 Å². The van der Waals surface area contributed by atoms with Crippen LogP contribution in [0.1, 0.15) is 26.7 Å². The van der Waals surface area contributed by atoms with E-state index in [1.807, 2.05) is 36.9 Å². The Morgan fingerprint density at radius 3 is 2.84 bits per heavy atom. The molecule has 202 valence electrons. The van der Waals surface area contributed by atoms with Crippen LogP contribution in [0.5, 0.6) is 11.8 Å². The van der Waals surface area contributed by atoms with Crippen LogP contribution in [-0.4, -0.2) is 72.0 Å². The first-order chi connectivity index (χ1) is 18.2. The van der Waals surface area contributed by atoms with E-state index in [2.05, 4.69) is 15.3 Å². The number of halogens is 2. The van der Waals surface area contributed by atoms with Crippen molar-refractivity contribution in [2.45, 2.75) is 38.4 Å². The Kier molecular flexibility index (Phi) is 7.83. The molecule has 3 aromatic rings. The summed E-state index contributed by atoms with van der Waals surface area (Å²) in [5, 5.41) is 3.89. The molecule has 0 aliphatic carbocycles. The van der Waals surface area contributed by atoms with Crippen LogP contribution in [0.3, 0.4) is 0 Å². The van der Waals surface area contributed by atoms with Crippen LogP contribution < -0.4 is 14.8 Å². The molecule has 1 atom stereocenters. The SMILES string of the molecule is CC1(C)CN(CCOc2ccc3nc(OC[C@@H]4CCCO4)nc(Nc4ccc(F)c(Cl)c4)c3c2)CC(=O)O1. The molecule has 2 aromatic carbocycles. The van der Waals surface area contributed by atoms with Crippen LogP contribution in [0.25, 0.3) is 10.9 Å². The van der Waals surface area contributed by atoms with Crippen LogP contribution in [0.15, 0.2) is 36.4 Å². The molecule has 2 fully saturated rings. The highest BCUT2D eigenvalue weighted by Crippen LogP contribution is 2.31. The van der Waals surface area contributed by atoms with Crippen LogP contribution in [0, 0.1) is 5.82 Å². The lowest BCUT2D eigenvalue weighted by Crippen LogP contribution is -2.51. The Morgan fingerprint density at radius 1 is 1.21 bits per heavy atom. The van der Waals surface area contributed by atoms with Gasteiger partial charge in [-0.1, -0.05) is 11.6 Å². The standard InChI is InChI=1S/C27H30ClFN4O5/c1-27(2)16-33(14-24(34)38-27)9-11-36-18-6-8-23-20(13-18)25(30-17-5-7-22(29)21(28)12-17)32-26(31-23)37-15-19-4-3-10-35-19/h5-8,12-13,19H,3-4,9-11,14-16H2,1-2H3,(H,30,31,32)/t19-/m0/s1. The molecule has 9 nitrogen and oxygen atoms in total. The fourth-order valence-corrected chi connectivity index (χ4v) is 4.77. The molecule has 0 amide bonds. The molecule has 0 radical (unpaired) electrons. The van der Waals surface area contributed by atoms with E-state index in [9.17, 15) is 9.18 Å². The first-order valence-corrected chi connectivity index (χ1v) is 13.0. The molecule has 3 heterocycles. The van der Waals surface area contributed by atoms with Gasteiger partial charge < -0.3 is 24.3 Å². The zero-order valence-electron chi connectivity index (χ0n) is 21.3. The van der Waals surface area contributed by atoms with Crippen LogP contribution >= 0.6 is 11.6 Å². The van der Waals surface area contributed by atoms with Gasteiger partial charge in [-0.2, -0.15) is 9.97 Å². The van der Waals surface area contributed by atoms with Gasteiger partial charge in [-0.25, -0.2) is 4.39 Å². The van der Waals surface area contributed by atoms with Gasteiger partial charge in [0.25, 0.3) is 0 Å². The Bertz CT molecular complexity index is 1320.